The molecule has 4 N–H and O–H groups in total. The van der Waals surface area contributed by atoms with Gasteiger partial charge in [0.25, 0.3) is 5.95 Å². The standard InChI is InChI=1S/C10H16N10/c1-5-6(18-14-4)7(11)20(19-5)10-16-8(12-2)15-9(13-3)17-10/h11H2,1-4H3,(H2,12,13,15,16,17). The minimum Gasteiger partial charge on any atom is -0.382 e. The minimum absolute atomic E-state index is 0.298. The molecule has 2 aromatic heterocycles. The Labute approximate surface area is 115 Å². The summed E-state index contributed by atoms with van der Waals surface area (Å²) in [6, 6.07) is 0. The second-order valence-electron chi connectivity index (χ2n) is 3.81. The molecule has 0 aromatic carbocycles. The van der Waals surface area contributed by atoms with Crippen LogP contribution in [-0.2, 0) is 0 Å². The third-order valence-electron chi connectivity index (χ3n) is 2.52. The first-order valence-electron chi connectivity index (χ1n) is 5.87. The molecule has 0 saturated carbocycles. The van der Waals surface area contributed by atoms with E-state index in [1.165, 1.54) is 4.68 Å². The number of rotatable bonds is 4. The number of nitrogens with zero attached hydrogens (tertiary/aromatic N) is 7. The summed E-state index contributed by atoms with van der Waals surface area (Å²) in [5.41, 5.74) is 7.16. The maximum atomic E-state index is 6.01. The lowest BCUT2D eigenvalue weighted by Gasteiger charge is -2.06. The smallest absolute Gasteiger partial charge is 0.259 e. The second-order valence-corrected chi connectivity index (χ2v) is 3.81. The van der Waals surface area contributed by atoms with Crippen LogP contribution in [0.5, 0.6) is 0 Å². The topological polar surface area (TPSA) is 131 Å². The van der Waals surface area contributed by atoms with Crippen molar-refractivity contribution in [2.75, 3.05) is 37.5 Å². The van der Waals surface area contributed by atoms with Crippen molar-refractivity contribution in [3.05, 3.63) is 5.69 Å². The lowest BCUT2D eigenvalue weighted by molar-refractivity contribution is 0.797. The van der Waals surface area contributed by atoms with Crippen LogP contribution in [0, 0.1) is 6.92 Å². The van der Waals surface area contributed by atoms with Gasteiger partial charge in [-0.25, -0.2) is 0 Å². The number of hydrogen-bond acceptors (Lipinski definition) is 9. The fraction of sp³-hybridized carbons (Fsp3) is 0.400. The molecule has 0 unspecified atom stereocenters. The van der Waals surface area contributed by atoms with E-state index in [2.05, 4.69) is 40.9 Å². The summed E-state index contributed by atoms with van der Waals surface area (Å²) in [6.45, 7) is 1.79. The average Bonchev–Trinajstić information content (AvgIpc) is 2.75. The fourth-order valence-corrected chi connectivity index (χ4v) is 1.60. The van der Waals surface area contributed by atoms with Gasteiger partial charge in [0.05, 0.1) is 5.69 Å². The van der Waals surface area contributed by atoms with E-state index in [0.29, 0.717) is 35.0 Å². The Bertz CT molecular complexity index is 621. The van der Waals surface area contributed by atoms with Crippen LogP contribution >= 0.6 is 0 Å². The van der Waals surface area contributed by atoms with Crippen LogP contribution in [-0.4, -0.2) is 45.9 Å². The quantitative estimate of drug-likeness (QED) is 0.702. The largest absolute Gasteiger partial charge is 0.382 e. The molecule has 0 bridgehead atoms. The van der Waals surface area contributed by atoms with Gasteiger partial charge in [0.15, 0.2) is 11.5 Å². The highest BCUT2D eigenvalue weighted by Gasteiger charge is 2.16. The number of nitrogens with two attached hydrogens (primary N) is 1. The zero-order valence-corrected chi connectivity index (χ0v) is 11.7. The van der Waals surface area contributed by atoms with Crippen LogP contribution in [0.2, 0.25) is 0 Å². The van der Waals surface area contributed by atoms with Gasteiger partial charge in [0, 0.05) is 21.1 Å². The van der Waals surface area contributed by atoms with E-state index in [0.717, 1.165) is 0 Å². The molecular weight excluding hydrogens is 260 g/mol. The molecule has 0 aliphatic rings. The Morgan fingerprint density at radius 2 is 1.70 bits per heavy atom. The Kier molecular flexibility index (Phi) is 3.73. The maximum absolute atomic E-state index is 6.01. The molecule has 10 heteroatoms. The summed E-state index contributed by atoms with van der Waals surface area (Å²) in [5, 5.41) is 17.7. The first kappa shape index (κ1) is 13.6. The molecule has 20 heavy (non-hydrogen) atoms. The molecule has 10 nitrogen and oxygen atoms in total. The van der Waals surface area contributed by atoms with Crippen molar-refractivity contribution in [2.24, 2.45) is 10.2 Å². The number of nitrogens with one attached hydrogen (secondary N) is 2. The van der Waals surface area contributed by atoms with Crippen molar-refractivity contribution < 1.29 is 0 Å². The Balaban J connectivity index is 2.59. The molecule has 0 aliphatic carbocycles. The van der Waals surface area contributed by atoms with Crippen LogP contribution in [0.15, 0.2) is 10.2 Å². The molecule has 2 aromatic rings. The molecule has 0 fully saturated rings. The van der Waals surface area contributed by atoms with E-state index in [4.69, 9.17) is 5.73 Å². The predicted octanol–water partition coefficient (Wildman–Crippen LogP) is 0.745. The normalized spacial score (nSPS) is 11.0. The minimum atomic E-state index is 0.298. The van der Waals surface area contributed by atoms with Gasteiger partial charge in [-0.1, -0.05) is 0 Å². The van der Waals surface area contributed by atoms with Gasteiger partial charge in [0.1, 0.15) is 0 Å². The van der Waals surface area contributed by atoms with E-state index in [-0.39, 0.29) is 0 Å². The van der Waals surface area contributed by atoms with Gasteiger partial charge in [-0.05, 0) is 6.92 Å². The van der Waals surface area contributed by atoms with E-state index < -0.39 is 0 Å². The molecule has 0 amide bonds. The Hall–Kier alpha value is -2.78. The third-order valence-corrected chi connectivity index (χ3v) is 2.52. The van der Waals surface area contributed by atoms with E-state index >= 15 is 0 Å². The maximum Gasteiger partial charge on any atom is 0.259 e. The Morgan fingerprint density at radius 3 is 2.20 bits per heavy atom. The molecular formula is C10H16N10. The van der Waals surface area contributed by atoms with Gasteiger partial charge < -0.3 is 16.4 Å². The highest BCUT2D eigenvalue weighted by atomic mass is 15.4. The van der Waals surface area contributed by atoms with E-state index in [1.54, 1.807) is 28.1 Å². The summed E-state index contributed by atoms with van der Waals surface area (Å²) < 4.78 is 1.41. The monoisotopic (exact) mass is 276 g/mol. The van der Waals surface area contributed by atoms with Crippen LogP contribution < -0.4 is 16.4 Å². The molecule has 0 atom stereocenters. The van der Waals surface area contributed by atoms with Crippen molar-refractivity contribution in [2.45, 2.75) is 6.92 Å². The van der Waals surface area contributed by atoms with Crippen molar-refractivity contribution in [1.82, 2.24) is 24.7 Å². The first-order chi connectivity index (χ1) is 9.60. The van der Waals surface area contributed by atoms with Crippen molar-refractivity contribution >= 4 is 23.4 Å². The molecule has 0 aliphatic heterocycles. The van der Waals surface area contributed by atoms with E-state index in [1.807, 2.05) is 0 Å². The summed E-state index contributed by atoms with van der Waals surface area (Å²) in [6.07, 6.45) is 0. The fourth-order valence-electron chi connectivity index (χ4n) is 1.60. The number of hydrogen-bond donors (Lipinski definition) is 3. The summed E-state index contributed by atoms with van der Waals surface area (Å²) in [7, 11) is 5.00. The SMILES string of the molecule is CN=Nc1c(C)nn(-c2nc(NC)nc(NC)n2)c1N. The lowest BCUT2D eigenvalue weighted by atomic mass is 10.4. The molecule has 0 spiro atoms. The number of anilines is 3. The summed E-state index contributed by atoms with van der Waals surface area (Å²) in [4.78, 5) is 12.6. The molecule has 0 saturated heterocycles. The van der Waals surface area contributed by atoms with Crippen LogP contribution in [0.25, 0.3) is 5.95 Å². The highest BCUT2D eigenvalue weighted by molar-refractivity contribution is 5.62. The molecule has 2 heterocycles. The number of nitrogen functional groups attached to an aromatic ring is 1. The predicted molar refractivity (Wildman–Crippen MR) is 75.6 cm³/mol. The van der Waals surface area contributed by atoms with Crippen LogP contribution in [0.3, 0.4) is 0 Å². The van der Waals surface area contributed by atoms with Crippen LogP contribution in [0.4, 0.5) is 23.4 Å². The zero-order chi connectivity index (χ0) is 14.7. The van der Waals surface area contributed by atoms with Gasteiger partial charge in [-0.2, -0.15) is 35.0 Å². The van der Waals surface area contributed by atoms with Gasteiger partial charge in [-0.3, -0.25) is 0 Å². The van der Waals surface area contributed by atoms with E-state index in [9.17, 15) is 0 Å². The van der Waals surface area contributed by atoms with Crippen molar-refractivity contribution in [3.63, 3.8) is 0 Å². The lowest BCUT2D eigenvalue weighted by Crippen LogP contribution is -2.11. The number of aromatic nitrogens is 5. The Morgan fingerprint density at radius 1 is 1.10 bits per heavy atom. The third kappa shape index (κ3) is 2.35. The van der Waals surface area contributed by atoms with Gasteiger partial charge in [0.2, 0.25) is 11.9 Å². The van der Waals surface area contributed by atoms with Crippen molar-refractivity contribution in [1.29, 1.82) is 0 Å². The molecule has 2 rings (SSSR count). The second kappa shape index (κ2) is 5.47. The van der Waals surface area contributed by atoms with Crippen molar-refractivity contribution in [3.8, 4) is 5.95 Å². The average molecular weight is 276 g/mol. The molecule has 106 valence electrons. The summed E-state index contributed by atoms with van der Waals surface area (Å²) in [5.74, 6) is 1.44. The molecule has 0 radical (unpaired) electrons. The summed E-state index contributed by atoms with van der Waals surface area (Å²) >= 11 is 0. The van der Waals surface area contributed by atoms with Gasteiger partial charge >= 0.3 is 0 Å². The highest BCUT2D eigenvalue weighted by Crippen LogP contribution is 2.28. The number of azo groups is 1. The first-order valence-corrected chi connectivity index (χ1v) is 5.87. The zero-order valence-electron chi connectivity index (χ0n) is 11.7. The van der Waals surface area contributed by atoms with Crippen LogP contribution in [0.1, 0.15) is 5.69 Å². The number of aryl methyl sites for hydroxylation is 1. The van der Waals surface area contributed by atoms with Gasteiger partial charge in [-0.15, -0.1) is 0 Å².